The molecule has 0 N–H and O–H groups in total. The van der Waals surface area contributed by atoms with Gasteiger partial charge in [0.25, 0.3) is 5.91 Å². The summed E-state index contributed by atoms with van der Waals surface area (Å²) in [4.78, 5) is 40.9. The van der Waals surface area contributed by atoms with Crippen molar-refractivity contribution in [3.8, 4) is 11.4 Å². The van der Waals surface area contributed by atoms with Crippen molar-refractivity contribution in [2.24, 2.45) is 0 Å². The van der Waals surface area contributed by atoms with Gasteiger partial charge in [-0.25, -0.2) is 4.68 Å². The van der Waals surface area contributed by atoms with Gasteiger partial charge >= 0.3 is 51.4 Å². The average Bonchev–Trinajstić information content (AvgIpc) is 3.26. The van der Waals surface area contributed by atoms with Crippen molar-refractivity contribution < 1.29 is 75.6 Å². The van der Waals surface area contributed by atoms with E-state index in [1.807, 2.05) is 24.3 Å². The third-order valence-electron chi connectivity index (χ3n) is 6.32. The van der Waals surface area contributed by atoms with E-state index in [4.69, 9.17) is 4.74 Å². The molecule has 0 unspecified atom stereocenters. The van der Waals surface area contributed by atoms with E-state index in [1.54, 1.807) is 41.2 Å². The van der Waals surface area contributed by atoms with Gasteiger partial charge in [-0.1, -0.05) is 0 Å². The van der Waals surface area contributed by atoms with Crippen LogP contribution in [-0.4, -0.2) is 47.8 Å². The first-order chi connectivity index (χ1) is 16.5. The molecule has 0 saturated carbocycles. The van der Waals surface area contributed by atoms with Crippen LogP contribution in [0.3, 0.4) is 0 Å². The zero-order valence-electron chi connectivity index (χ0n) is 19.7. The molecule has 35 heavy (non-hydrogen) atoms. The molecule has 0 atom stereocenters. The third kappa shape index (κ3) is 4.81. The molecule has 9 nitrogen and oxygen atoms in total. The number of fused-ring (bicyclic) bond motifs is 1. The van der Waals surface area contributed by atoms with Crippen molar-refractivity contribution in [2.75, 3.05) is 30.0 Å². The number of benzene rings is 2. The number of piperidine rings is 1. The Hall–Kier alpha value is -2.50. The number of ether oxygens (including phenoxy) is 1. The number of aromatic nitrogens is 2. The van der Waals surface area contributed by atoms with E-state index in [2.05, 4.69) is 5.10 Å². The van der Waals surface area contributed by atoms with Crippen molar-refractivity contribution >= 4 is 29.2 Å². The summed E-state index contributed by atoms with van der Waals surface area (Å²) in [6, 6.07) is 14.2. The number of hydrogen-bond acceptors (Lipinski definition) is 6. The number of carbonyl (C=O) groups excluding carboxylic acids is 3. The number of aromatic carboxylic acids is 1. The van der Waals surface area contributed by atoms with Gasteiger partial charge in [0.15, 0.2) is 0 Å². The molecule has 1 fully saturated rings. The Balaban J connectivity index is 0.00000289. The molecule has 3 aromatic rings. The van der Waals surface area contributed by atoms with E-state index >= 15 is 0 Å². The van der Waals surface area contributed by atoms with Crippen LogP contribution < -0.4 is 71.0 Å². The molecule has 0 radical (unpaired) electrons. The Morgan fingerprint density at radius 1 is 0.886 bits per heavy atom. The molecule has 2 amide bonds. The van der Waals surface area contributed by atoms with E-state index in [-0.39, 0.29) is 74.6 Å². The number of amides is 2. The minimum atomic E-state index is -1.42. The molecule has 1 saturated heterocycles. The number of nitrogens with zero attached hydrogens (tertiary/aromatic N) is 4. The van der Waals surface area contributed by atoms with Gasteiger partial charge < -0.3 is 24.4 Å². The van der Waals surface area contributed by atoms with Crippen LogP contribution in [0.25, 0.3) is 5.69 Å². The molecular weight excluding hydrogens is 475 g/mol. The standard InChI is InChI=1S/C25H24N4O5.K/c1-34-19-11-9-18(10-12-19)29-23-20(22(26-29)25(32)33)13-15-28(24(23)31)17-7-5-16(6-8-17)27-14-3-2-4-21(27)30;/h5-12H,2-4,13-15H2,1H3,(H,32,33);/q;+1/p-1. The van der Waals surface area contributed by atoms with Crippen LogP contribution in [0, 0.1) is 0 Å². The normalized spacial score (nSPS) is 15.5. The maximum absolute atomic E-state index is 13.6. The van der Waals surface area contributed by atoms with Crippen LogP contribution in [0.2, 0.25) is 0 Å². The predicted molar refractivity (Wildman–Crippen MR) is 122 cm³/mol. The summed E-state index contributed by atoms with van der Waals surface area (Å²) in [5.74, 6) is -1.03. The fraction of sp³-hybridized carbons (Fsp3) is 0.280. The first-order valence-electron chi connectivity index (χ1n) is 11.2. The molecule has 0 aliphatic carbocycles. The summed E-state index contributed by atoms with van der Waals surface area (Å²) in [6.45, 7) is 1.000. The Bertz CT molecular complexity index is 1270. The van der Waals surface area contributed by atoms with Gasteiger partial charge in [-0.15, -0.1) is 0 Å². The zero-order valence-corrected chi connectivity index (χ0v) is 22.8. The molecule has 0 bridgehead atoms. The number of anilines is 2. The second-order valence-electron chi connectivity index (χ2n) is 8.30. The van der Waals surface area contributed by atoms with Crippen molar-refractivity contribution in [3.05, 3.63) is 65.5 Å². The zero-order chi connectivity index (χ0) is 23.8. The van der Waals surface area contributed by atoms with E-state index in [9.17, 15) is 19.5 Å². The molecule has 1 aromatic heterocycles. The molecule has 5 rings (SSSR count). The molecule has 2 aliphatic heterocycles. The molecule has 0 spiro atoms. The summed E-state index contributed by atoms with van der Waals surface area (Å²) in [5, 5.41) is 15.9. The summed E-state index contributed by atoms with van der Waals surface area (Å²) in [6.07, 6.45) is 2.75. The number of methoxy groups -OCH3 is 1. The number of rotatable bonds is 5. The predicted octanol–water partition coefficient (Wildman–Crippen LogP) is -1.03. The summed E-state index contributed by atoms with van der Waals surface area (Å²) >= 11 is 0. The fourth-order valence-corrected chi connectivity index (χ4v) is 4.57. The first kappa shape index (κ1) is 25.6. The van der Waals surface area contributed by atoms with Crippen LogP contribution in [0.4, 0.5) is 11.4 Å². The molecule has 3 heterocycles. The Kier molecular flexibility index (Phi) is 7.77. The second kappa shape index (κ2) is 10.6. The van der Waals surface area contributed by atoms with Gasteiger partial charge in [0.2, 0.25) is 5.91 Å². The largest absolute Gasteiger partial charge is 1.00 e. The SMILES string of the molecule is COc1ccc(-n2nc(C(=O)[O-])c3c2C(=O)N(c2ccc(N4CCCCC4=O)cc2)CC3)cc1.[K+]. The van der Waals surface area contributed by atoms with Crippen LogP contribution >= 0.6 is 0 Å². The van der Waals surface area contributed by atoms with Gasteiger partial charge in [0, 0.05) is 36.4 Å². The van der Waals surface area contributed by atoms with Crippen molar-refractivity contribution in [1.29, 1.82) is 0 Å². The van der Waals surface area contributed by atoms with Gasteiger partial charge in [-0.05, 0) is 67.8 Å². The van der Waals surface area contributed by atoms with Crippen LogP contribution in [0.5, 0.6) is 5.75 Å². The van der Waals surface area contributed by atoms with E-state index in [0.717, 1.165) is 18.5 Å². The quantitative estimate of drug-likeness (QED) is 0.417. The van der Waals surface area contributed by atoms with Gasteiger partial charge in [-0.2, -0.15) is 5.10 Å². The van der Waals surface area contributed by atoms with Crippen molar-refractivity contribution in [3.63, 3.8) is 0 Å². The van der Waals surface area contributed by atoms with Crippen LogP contribution in [0.1, 0.15) is 45.8 Å². The summed E-state index contributed by atoms with van der Waals surface area (Å²) in [5.41, 5.74) is 2.36. The summed E-state index contributed by atoms with van der Waals surface area (Å²) < 4.78 is 6.54. The van der Waals surface area contributed by atoms with E-state index < -0.39 is 5.97 Å². The molecule has 174 valence electrons. The van der Waals surface area contributed by atoms with Gasteiger partial charge in [-0.3, -0.25) is 9.59 Å². The molecule has 2 aromatic carbocycles. The Labute approximate surface area is 245 Å². The second-order valence-corrected chi connectivity index (χ2v) is 8.30. The van der Waals surface area contributed by atoms with Gasteiger partial charge in [0.05, 0.1) is 18.8 Å². The maximum atomic E-state index is 13.6. The van der Waals surface area contributed by atoms with Crippen LogP contribution in [-0.2, 0) is 11.2 Å². The number of hydrogen-bond donors (Lipinski definition) is 0. The smallest absolute Gasteiger partial charge is 0.543 e. The van der Waals surface area contributed by atoms with E-state index in [1.165, 1.54) is 4.68 Å². The minimum Gasteiger partial charge on any atom is -0.543 e. The third-order valence-corrected chi connectivity index (χ3v) is 6.32. The fourth-order valence-electron chi connectivity index (χ4n) is 4.57. The minimum absolute atomic E-state index is 0. The van der Waals surface area contributed by atoms with Crippen LogP contribution in [0.15, 0.2) is 48.5 Å². The van der Waals surface area contributed by atoms with Gasteiger partial charge in [0.1, 0.15) is 17.1 Å². The molecular formula is C25H23KN4O5. The Morgan fingerprint density at radius 2 is 1.51 bits per heavy atom. The first-order valence-corrected chi connectivity index (χ1v) is 11.2. The number of carbonyl (C=O) groups is 3. The van der Waals surface area contributed by atoms with Crippen molar-refractivity contribution in [2.45, 2.75) is 25.7 Å². The van der Waals surface area contributed by atoms with E-state index in [0.29, 0.717) is 48.6 Å². The van der Waals surface area contributed by atoms with Crippen molar-refractivity contribution in [1.82, 2.24) is 9.78 Å². The average molecular weight is 499 g/mol. The number of carboxylic acid groups (broad SMARTS) is 1. The topological polar surface area (TPSA) is 108 Å². The summed E-state index contributed by atoms with van der Waals surface area (Å²) in [7, 11) is 1.55. The maximum Gasteiger partial charge on any atom is 1.00 e. The molecule has 10 heteroatoms. The number of carboxylic acids is 1. The Morgan fingerprint density at radius 3 is 2.11 bits per heavy atom. The monoisotopic (exact) mass is 498 g/mol. The molecule has 2 aliphatic rings.